The summed E-state index contributed by atoms with van der Waals surface area (Å²) in [7, 11) is 0. The number of carbonyl (C=O) groups is 2. The summed E-state index contributed by atoms with van der Waals surface area (Å²) in [5, 5.41) is 3.11. The van der Waals surface area contributed by atoms with Crippen molar-refractivity contribution in [3.05, 3.63) is 54.1 Å². The van der Waals surface area contributed by atoms with E-state index in [2.05, 4.69) is 22.1 Å². The van der Waals surface area contributed by atoms with Crippen LogP contribution in [0.25, 0.3) is 22.6 Å². The molecule has 2 amide bonds. The standard InChI is InChI=1S/C29H36N4O3/c1-21-7-5-6-15-32(21)18-14-30-27(34)19-22-12-16-33(17-13-22)29(35)24-10-11-25-26(20-24)36-28(31-25)23-8-3-2-4-9-23/h2-4,8-11,20-22H,5-7,12-19H2,1H3,(H,30,34)/t21-/m1/s1. The van der Waals surface area contributed by atoms with Gasteiger partial charge < -0.3 is 14.6 Å². The van der Waals surface area contributed by atoms with E-state index >= 15 is 0 Å². The fraction of sp³-hybridized carbons (Fsp3) is 0.483. The van der Waals surface area contributed by atoms with Crippen LogP contribution in [0.4, 0.5) is 0 Å². The summed E-state index contributed by atoms with van der Waals surface area (Å²) in [6.07, 6.45) is 6.08. The van der Waals surface area contributed by atoms with Crippen molar-refractivity contribution in [2.24, 2.45) is 5.92 Å². The van der Waals surface area contributed by atoms with Crippen LogP contribution in [0.2, 0.25) is 0 Å². The van der Waals surface area contributed by atoms with E-state index < -0.39 is 0 Å². The molecule has 1 N–H and O–H groups in total. The fourth-order valence-electron chi connectivity index (χ4n) is 5.45. The predicted octanol–water partition coefficient (Wildman–Crippen LogP) is 4.73. The van der Waals surface area contributed by atoms with Crippen molar-refractivity contribution >= 4 is 22.9 Å². The van der Waals surface area contributed by atoms with E-state index in [1.807, 2.05) is 47.4 Å². The largest absolute Gasteiger partial charge is 0.436 e. The molecule has 3 aromatic rings. The minimum Gasteiger partial charge on any atom is -0.436 e. The first kappa shape index (κ1) is 24.5. The number of likely N-dealkylation sites (tertiary alicyclic amines) is 2. The SMILES string of the molecule is C[C@@H]1CCCCN1CCNC(=O)CC1CCN(C(=O)c2ccc3nc(-c4ccccc4)oc3c2)CC1. The maximum Gasteiger partial charge on any atom is 0.253 e. The number of carbonyl (C=O) groups excluding carboxylic acids is 2. The van der Waals surface area contributed by atoms with Crippen molar-refractivity contribution in [3.63, 3.8) is 0 Å². The van der Waals surface area contributed by atoms with Gasteiger partial charge in [0.05, 0.1) is 0 Å². The average Bonchev–Trinajstić information content (AvgIpc) is 3.34. The molecular formula is C29H36N4O3. The first-order valence-electron chi connectivity index (χ1n) is 13.3. The molecule has 7 nitrogen and oxygen atoms in total. The minimum absolute atomic E-state index is 0.00751. The lowest BCUT2D eigenvalue weighted by atomic mass is 9.93. The van der Waals surface area contributed by atoms with Crippen LogP contribution < -0.4 is 5.32 Å². The molecule has 0 bridgehead atoms. The normalized spacial score (nSPS) is 19.5. The lowest BCUT2D eigenvalue weighted by Gasteiger charge is -2.33. The summed E-state index contributed by atoms with van der Waals surface area (Å²) in [5.41, 5.74) is 2.88. The second-order valence-corrected chi connectivity index (χ2v) is 10.2. The second-order valence-electron chi connectivity index (χ2n) is 10.2. The van der Waals surface area contributed by atoms with Gasteiger partial charge in [-0.2, -0.15) is 0 Å². The predicted molar refractivity (Wildman–Crippen MR) is 141 cm³/mol. The summed E-state index contributed by atoms with van der Waals surface area (Å²) in [4.78, 5) is 34.5. The van der Waals surface area contributed by atoms with Crippen molar-refractivity contribution < 1.29 is 14.0 Å². The summed E-state index contributed by atoms with van der Waals surface area (Å²) >= 11 is 0. The van der Waals surface area contributed by atoms with Gasteiger partial charge in [-0.15, -0.1) is 0 Å². The van der Waals surface area contributed by atoms with Crippen molar-refractivity contribution in [2.45, 2.75) is 51.5 Å². The van der Waals surface area contributed by atoms with Crippen molar-refractivity contribution in [1.29, 1.82) is 0 Å². The lowest BCUT2D eigenvalue weighted by molar-refractivity contribution is -0.122. The van der Waals surface area contributed by atoms with Crippen LogP contribution >= 0.6 is 0 Å². The van der Waals surface area contributed by atoms with Gasteiger partial charge in [0.25, 0.3) is 5.91 Å². The maximum atomic E-state index is 13.1. The highest BCUT2D eigenvalue weighted by atomic mass is 16.3. The Kier molecular flexibility index (Phi) is 7.66. The number of fused-ring (bicyclic) bond motifs is 1. The smallest absolute Gasteiger partial charge is 0.253 e. The molecule has 2 fully saturated rings. The molecule has 0 spiro atoms. The molecule has 7 heteroatoms. The molecule has 5 rings (SSSR count). The average molecular weight is 489 g/mol. The molecule has 1 aromatic heterocycles. The van der Waals surface area contributed by atoms with Crippen LogP contribution in [-0.4, -0.2) is 65.4 Å². The third kappa shape index (κ3) is 5.78. The number of benzene rings is 2. The van der Waals surface area contributed by atoms with Gasteiger partial charge in [0, 0.05) is 49.8 Å². The van der Waals surface area contributed by atoms with Gasteiger partial charge in [-0.05, 0) is 75.4 Å². The first-order valence-corrected chi connectivity index (χ1v) is 13.3. The number of hydrogen-bond donors (Lipinski definition) is 1. The van der Waals surface area contributed by atoms with Crippen LogP contribution in [0.15, 0.2) is 52.9 Å². The summed E-state index contributed by atoms with van der Waals surface area (Å²) in [5.74, 6) is 1.02. The van der Waals surface area contributed by atoms with Crippen LogP contribution in [0.5, 0.6) is 0 Å². The molecule has 36 heavy (non-hydrogen) atoms. The zero-order chi connectivity index (χ0) is 24.9. The van der Waals surface area contributed by atoms with E-state index in [1.165, 1.54) is 19.3 Å². The Morgan fingerprint density at radius 1 is 1.03 bits per heavy atom. The molecule has 0 radical (unpaired) electrons. The molecule has 0 unspecified atom stereocenters. The number of piperidine rings is 2. The molecule has 190 valence electrons. The molecule has 2 saturated heterocycles. The third-order valence-electron chi connectivity index (χ3n) is 7.69. The highest BCUT2D eigenvalue weighted by molar-refractivity contribution is 5.97. The van der Waals surface area contributed by atoms with Crippen LogP contribution in [-0.2, 0) is 4.79 Å². The van der Waals surface area contributed by atoms with Crippen LogP contribution in [0.3, 0.4) is 0 Å². The number of amides is 2. The van der Waals surface area contributed by atoms with E-state index in [0.717, 1.165) is 43.6 Å². The molecule has 0 aliphatic carbocycles. The highest BCUT2D eigenvalue weighted by Crippen LogP contribution is 2.26. The topological polar surface area (TPSA) is 78.7 Å². The van der Waals surface area contributed by atoms with E-state index in [9.17, 15) is 9.59 Å². The number of aromatic nitrogens is 1. The Bertz CT molecular complexity index is 1180. The van der Waals surface area contributed by atoms with Gasteiger partial charge in [-0.3, -0.25) is 14.5 Å². The Labute approximate surface area is 212 Å². The molecule has 1 atom stereocenters. The molecule has 3 heterocycles. The van der Waals surface area contributed by atoms with Crippen molar-refractivity contribution in [2.75, 3.05) is 32.7 Å². The van der Waals surface area contributed by atoms with Gasteiger partial charge in [0.1, 0.15) is 5.52 Å². The zero-order valence-corrected chi connectivity index (χ0v) is 21.1. The molecule has 2 aliphatic rings. The van der Waals surface area contributed by atoms with E-state index in [1.54, 1.807) is 6.07 Å². The van der Waals surface area contributed by atoms with Crippen LogP contribution in [0.1, 0.15) is 55.8 Å². The van der Waals surface area contributed by atoms with Crippen molar-refractivity contribution in [1.82, 2.24) is 20.1 Å². The fourth-order valence-corrected chi connectivity index (χ4v) is 5.45. The third-order valence-corrected chi connectivity index (χ3v) is 7.69. The lowest BCUT2D eigenvalue weighted by Crippen LogP contribution is -2.43. The monoisotopic (exact) mass is 488 g/mol. The van der Waals surface area contributed by atoms with E-state index in [4.69, 9.17) is 4.42 Å². The zero-order valence-electron chi connectivity index (χ0n) is 21.1. The van der Waals surface area contributed by atoms with Gasteiger partial charge in [-0.1, -0.05) is 24.6 Å². The number of nitrogens with zero attached hydrogens (tertiary/aromatic N) is 3. The maximum absolute atomic E-state index is 13.1. The minimum atomic E-state index is 0.00751. The summed E-state index contributed by atoms with van der Waals surface area (Å²) in [6.45, 7) is 6.42. The number of rotatable bonds is 7. The van der Waals surface area contributed by atoms with Gasteiger partial charge >= 0.3 is 0 Å². The van der Waals surface area contributed by atoms with E-state index in [0.29, 0.717) is 48.5 Å². The van der Waals surface area contributed by atoms with Gasteiger partial charge in [0.15, 0.2) is 5.58 Å². The Balaban J connectivity index is 1.09. The number of oxazole rings is 1. The van der Waals surface area contributed by atoms with Crippen LogP contribution in [0, 0.1) is 5.92 Å². The summed E-state index contributed by atoms with van der Waals surface area (Å²) in [6, 6.07) is 15.8. The number of hydrogen-bond acceptors (Lipinski definition) is 5. The molecular weight excluding hydrogens is 452 g/mol. The molecule has 0 saturated carbocycles. The quantitative estimate of drug-likeness (QED) is 0.520. The Morgan fingerprint density at radius 3 is 2.61 bits per heavy atom. The number of nitrogens with one attached hydrogen (secondary N) is 1. The molecule has 2 aromatic carbocycles. The van der Waals surface area contributed by atoms with E-state index in [-0.39, 0.29) is 11.8 Å². The van der Waals surface area contributed by atoms with Gasteiger partial charge in [0.2, 0.25) is 11.8 Å². The Morgan fingerprint density at radius 2 is 1.83 bits per heavy atom. The van der Waals surface area contributed by atoms with Gasteiger partial charge in [-0.25, -0.2) is 4.98 Å². The second kappa shape index (κ2) is 11.2. The Hall–Kier alpha value is -3.19. The highest BCUT2D eigenvalue weighted by Gasteiger charge is 2.26. The first-order chi connectivity index (χ1) is 17.6. The van der Waals surface area contributed by atoms with Crippen molar-refractivity contribution in [3.8, 4) is 11.5 Å². The molecule has 2 aliphatic heterocycles. The summed E-state index contributed by atoms with van der Waals surface area (Å²) < 4.78 is 5.94.